The van der Waals surface area contributed by atoms with Crippen LogP contribution in [0.15, 0.2) is 61.2 Å². The predicted octanol–water partition coefficient (Wildman–Crippen LogP) is 4.15. The number of aromatic nitrogens is 2. The van der Waals surface area contributed by atoms with Crippen molar-refractivity contribution in [3.05, 3.63) is 76.8 Å². The molecule has 208 valence electrons. The minimum Gasteiger partial charge on any atom is -0.491 e. The van der Waals surface area contributed by atoms with Crippen molar-refractivity contribution in [1.29, 1.82) is 0 Å². The number of rotatable bonds is 9. The molecule has 2 atom stereocenters. The van der Waals surface area contributed by atoms with E-state index in [-0.39, 0.29) is 11.4 Å². The molecule has 0 amide bonds. The molecule has 3 heterocycles. The lowest BCUT2D eigenvalue weighted by atomic mass is 10.1. The Bertz CT molecular complexity index is 1390. The maximum atomic E-state index is 12.5. The summed E-state index contributed by atoms with van der Waals surface area (Å²) in [6, 6.07) is 13.1. The van der Waals surface area contributed by atoms with Gasteiger partial charge in [-0.15, -0.1) is 0 Å². The van der Waals surface area contributed by atoms with E-state index in [2.05, 4.69) is 9.88 Å². The molecule has 1 aromatic heterocycles. The minimum absolute atomic E-state index is 0.158. The van der Waals surface area contributed by atoms with Crippen LogP contribution in [-0.2, 0) is 31.8 Å². The average molecular weight is 594 g/mol. The molecular weight excluding hydrogens is 563 g/mol. The van der Waals surface area contributed by atoms with Crippen LogP contribution < -0.4 is 9.64 Å². The van der Waals surface area contributed by atoms with Gasteiger partial charge in [-0.25, -0.2) is 13.4 Å². The summed E-state index contributed by atoms with van der Waals surface area (Å²) >= 11 is 12.7. The lowest BCUT2D eigenvalue weighted by molar-refractivity contribution is -0.189. The summed E-state index contributed by atoms with van der Waals surface area (Å²) in [5.74, 6) is -0.385. The number of piperazine rings is 1. The fraction of sp³-hybridized carbons (Fsp3) is 0.444. The molecule has 1 aliphatic carbocycles. The molecule has 3 aliphatic rings. The Morgan fingerprint density at radius 2 is 1.82 bits per heavy atom. The molecule has 1 saturated carbocycles. The lowest BCUT2D eigenvalue weighted by Crippen LogP contribution is -2.49. The molecule has 0 bridgehead atoms. The van der Waals surface area contributed by atoms with Gasteiger partial charge < -0.3 is 23.7 Å². The molecule has 2 aromatic carbocycles. The molecule has 0 radical (unpaired) electrons. The van der Waals surface area contributed by atoms with Gasteiger partial charge in [0.25, 0.3) is 0 Å². The SMILES string of the molecule is O=S(=O)(C1CC1)N1CCN(c2ccc(OCC3COC(Cn4ccnc4)(c4ccc(Cl)cc4Cl)O3)cc2)CC1. The van der Waals surface area contributed by atoms with Crippen LogP contribution in [0.3, 0.4) is 0 Å². The summed E-state index contributed by atoms with van der Waals surface area (Å²) in [6.07, 6.45) is 6.52. The Kier molecular flexibility index (Phi) is 7.51. The van der Waals surface area contributed by atoms with Gasteiger partial charge in [0.2, 0.25) is 15.8 Å². The van der Waals surface area contributed by atoms with Crippen LogP contribution in [-0.4, -0.2) is 73.0 Å². The smallest absolute Gasteiger partial charge is 0.217 e. The first-order valence-electron chi connectivity index (χ1n) is 13.0. The lowest BCUT2D eigenvalue weighted by Gasteiger charge is -2.35. The Hall–Kier alpha value is -2.34. The molecule has 6 rings (SSSR count). The van der Waals surface area contributed by atoms with Crippen LogP contribution in [0.2, 0.25) is 10.0 Å². The fourth-order valence-corrected chi connectivity index (χ4v) is 7.47. The summed E-state index contributed by atoms with van der Waals surface area (Å²) in [4.78, 5) is 6.33. The second kappa shape index (κ2) is 10.9. The zero-order valence-corrected chi connectivity index (χ0v) is 23.6. The zero-order valence-electron chi connectivity index (χ0n) is 21.3. The second-order valence-electron chi connectivity index (χ2n) is 10.1. The highest BCUT2D eigenvalue weighted by molar-refractivity contribution is 7.90. The molecule has 3 aromatic rings. The molecule has 3 fully saturated rings. The maximum absolute atomic E-state index is 12.5. The molecule has 2 unspecified atom stereocenters. The third-order valence-corrected chi connectivity index (χ3v) is 10.3. The molecule has 0 N–H and O–H groups in total. The van der Waals surface area contributed by atoms with Gasteiger partial charge in [-0.05, 0) is 49.2 Å². The van der Waals surface area contributed by atoms with Crippen molar-refractivity contribution >= 4 is 38.9 Å². The van der Waals surface area contributed by atoms with Gasteiger partial charge in [0, 0.05) is 54.8 Å². The Morgan fingerprint density at radius 1 is 1.05 bits per heavy atom. The van der Waals surface area contributed by atoms with Crippen LogP contribution in [0, 0.1) is 0 Å². The van der Waals surface area contributed by atoms with Crippen molar-refractivity contribution in [1.82, 2.24) is 13.9 Å². The number of imidazole rings is 1. The first-order chi connectivity index (χ1) is 18.8. The van der Waals surface area contributed by atoms with E-state index < -0.39 is 15.8 Å². The average Bonchev–Trinajstić information content (AvgIpc) is 3.55. The van der Waals surface area contributed by atoms with E-state index in [1.165, 1.54) is 0 Å². The number of anilines is 1. The van der Waals surface area contributed by atoms with Gasteiger partial charge in [-0.2, -0.15) is 4.31 Å². The predicted molar refractivity (Wildman–Crippen MR) is 149 cm³/mol. The fourth-order valence-electron chi connectivity index (χ4n) is 5.10. The summed E-state index contributed by atoms with van der Waals surface area (Å²) in [5, 5.41) is 0.840. The number of hydrogen-bond acceptors (Lipinski definition) is 7. The summed E-state index contributed by atoms with van der Waals surface area (Å²) < 4.78 is 47.3. The van der Waals surface area contributed by atoms with Gasteiger partial charge in [-0.1, -0.05) is 29.3 Å². The van der Waals surface area contributed by atoms with Crippen LogP contribution in [0.25, 0.3) is 0 Å². The van der Waals surface area contributed by atoms with Crippen molar-refractivity contribution in [3.8, 4) is 5.75 Å². The third kappa shape index (κ3) is 5.77. The van der Waals surface area contributed by atoms with Crippen molar-refractivity contribution in [2.75, 3.05) is 44.3 Å². The van der Waals surface area contributed by atoms with Gasteiger partial charge in [0.1, 0.15) is 18.5 Å². The topological polar surface area (TPSA) is 86.1 Å². The van der Waals surface area contributed by atoms with Gasteiger partial charge in [0.05, 0.1) is 29.8 Å². The highest BCUT2D eigenvalue weighted by Gasteiger charge is 2.45. The quantitative estimate of drug-likeness (QED) is 0.369. The normalized spacial score (nSPS) is 24.3. The van der Waals surface area contributed by atoms with E-state index in [4.69, 9.17) is 37.4 Å². The molecule has 39 heavy (non-hydrogen) atoms. The van der Waals surface area contributed by atoms with E-state index in [1.807, 2.05) is 41.1 Å². The Morgan fingerprint density at radius 3 is 2.49 bits per heavy atom. The van der Waals surface area contributed by atoms with Crippen LogP contribution in [0.5, 0.6) is 5.75 Å². The largest absolute Gasteiger partial charge is 0.491 e. The van der Waals surface area contributed by atoms with E-state index in [9.17, 15) is 8.42 Å². The van der Waals surface area contributed by atoms with Crippen LogP contribution in [0.1, 0.15) is 18.4 Å². The molecule has 0 spiro atoms. The maximum Gasteiger partial charge on any atom is 0.217 e. The highest BCUT2D eigenvalue weighted by atomic mass is 35.5. The summed E-state index contributed by atoms with van der Waals surface area (Å²) in [5.41, 5.74) is 1.74. The Labute approximate surface area is 238 Å². The van der Waals surface area contributed by atoms with Crippen molar-refractivity contribution in [2.45, 2.75) is 36.5 Å². The number of hydrogen-bond donors (Lipinski definition) is 0. The number of sulfonamides is 1. The van der Waals surface area contributed by atoms with E-state index in [1.54, 1.807) is 29.0 Å². The van der Waals surface area contributed by atoms with Crippen LogP contribution in [0.4, 0.5) is 5.69 Å². The van der Waals surface area contributed by atoms with Gasteiger partial charge in [-0.3, -0.25) is 0 Å². The van der Waals surface area contributed by atoms with Crippen molar-refractivity contribution in [2.24, 2.45) is 0 Å². The highest BCUT2D eigenvalue weighted by Crippen LogP contribution is 2.40. The number of ether oxygens (including phenoxy) is 3. The van der Waals surface area contributed by atoms with E-state index >= 15 is 0 Å². The monoisotopic (exact) mass is 592 g/mol. The third-order valence-electron chi connectivity index (χ3n) is 7.33. The Balaban J connectivity index is 1.06. The minimum atomic E-state index is -3.12. The van der Waals surface area contributed by atoms with E-state index in [0.717, 1.165) is 18.5 Å². The molecule has 9 nitrogen and oxygen atoms in total. The number of nitrogens with zero attached hydrogens (tertiary/aromatic N) is 4. The van der Waals surface area contributed by atoms with E-state index in [0.29, 0.717) is 67.3 Å². The second-order valence-corrected chi connectivity index (χ2v) is 13.2. The van der Waals surface area contributed by atoms with Gasteiger partial charge in [0.15, 0.2) is 0 Å². The summed E-state index contributed by atoms with van der Waals surface area (Å²) in [7, 11) is -3.12. The van der Waals surface area contributed by atoms with Gasteiger partial charge >= 0.3 is 0 Å². The molecule has 2 aliphatic heterocycles. The molecule has 2 saturated heterocycles. The number of halogens is 2. The molecule has 12 heteroatoms. The first-order valence-corrected chi connectivity index (χ1v) is 15.3. The number of benzene rings is 2. The summed E-state index contributed by atoms with van der Waals surface area (Å²) in [6.45, 7) is 3.39. The van der Waals surface area contributed by atoms with Crippen molar-refractivity contribution in [3.63, 3.8) is 0 Å². The molecular formula is C27H30Cl2N4O5S. The first kappa shape index (κ1) is 26.9. The van der Waals surface area contributed by atoms with Crippen molar-refractivity contribution < 1.29 is 22.6 Å². The van der Waals surface area contributed by atoms with Crippen LogP contribution >= 0.6 is 23.2 Å². The standard InChI is InChI=1S/C27H30Cl2N4O5S/c28-20-1-8-25(26(29)15-20)27(18-31-10-9-30-19-31)37-17-23(38-27)16-36-22-4-2-21(3-5-22)32-11-13-33(14-12-32)39(34,35)24-6-7-24/h1-5,8-10,15,19,23-24H,6-7,11-14,16-18H2. The zero-order chi connectivity index (χ0) is 27.0.